The fourth-order valence-electron chi connectivity index (χ4n) is 5.74. The van der Waals surface area contributed by atoms with Gasteiger partial charge in [0.25, 0.3) is 0 Å². The van der Waals surface area contributed by atoms with E-state index >= 15 is 4.39 Å². The van der Waals surface area contributed by atoms with E-state index in [2.05, 4.69) is 4.98 Å². The molecule has 3 N–H and O–H groups in total. The lowest BCUT2D eigenvalue weighted by Gasteiger charge is -2.43. The molecule has 2 atom stereocenters. The third-order valence-electron chi connectivity index (χ3n) is 8.22. The van der Waals surface area contributed by atoms with E-state index in [-0.39, 0.29) is 36.4 Å². The summed E-state index contributed by atoms with van der Waals surface area (Å²) in [6.07, 6.45) is 8.41. The third-order valence-corrected chi connectivity index (χ3v) is 10.4. The van der Waals surface area contributed by atoms with Crippen LogP contribution in [0.5, 0.6) is 0 Å². The summed E-state index contributed by atoms with van der Waals surface area (Å²) >= 11 is 0. The van der Waals surface area contributed by atoms with Crippen molar-refractivity contribution in [2.75, 3.05) is 17.2 Å². The van der Waals surface area contributed by atoms with Gasteiger partial charge >= 0.3 is 0 Å². The van der Waals surface area contributed by atoms with E-state index < -0.39 is 62.4 Å². The number of benzene rings is 2. The maximum atomic E-state index is 15.4. The highest BCUT2D eigenvalue weighted by atomic mass is 32.2. The topological polar surface area (TPSA) is 86.3 Å². The van der Waals surface area contributed by atoms with Crippen LogP contribution in [0.3, 0.4) is 0 Å². The lowest BCUT2D eigenvalue weighted by molar-refractivity contribution is -0.124. The highest BCUT2D eigenvalue weighted by molar-refractivity contribution is 8.13. The first-order valence-corrected chi connectivity index (χ1v) is 15.5. The molecule has 2 aromatic carbocycles. The Labute approximate surface area is 253 Å². The van der Waals surface area contributed by atoms with Gasteiger partial charge in [-0.05, 0) is 61.2 Å². The van der Waals surface area contributed by atoms with Crippen molar-refractivity contribution in [3.05, 3.63) is 82.2 Å². The molecule has 2 fully saturated rings. The number of aromatic nitrogens is 1. The van der Waals surface area contributed by atoms with Gasteiger partial charge in [-0.3, -0.25) is 9.78 Å². The van der Waals surface area contributed by atoms with Crippen LogP contribution in [-0.4, -0.2) is 39.4 Å². The minimum atomic E-state index is -2.27. The van der Waals surface area contributed by atoms with Crippen LogP contribution in [0.4, 0.5) is 37.7 Å². The highest BCUT2D eigenvalue weighted by Crippen LogP contribution is 2.44. The third kappa shape index (κ3) is 5.86. The summed E-state index contributed by atoms with van der Waals surface area (Å²) < 4.78 is 88.3. The Bertz CT molecular complexity index is 1600. The molecule has 3 aromatic rings. The van der Waals surface area contributed by atoms with E-state index in [0.29, 0.717) is 11.6 Å². The lowest BCUT2D eigenvalue weighted by Crippen LogP contribution is -2.55. The number of anilines is 2. The Morgan fingerprint density at radius 2 is 1.68 bits per heavy atom. The zero-order valence-electron chi connectivity index (χ0n) is 23.9. The molecular weight excluding hydrogens is 604 g/mol. The predicted molar refractivity (Wildman–Crippen MR) is 159 cm³/mol. The monoisotopic (exact) mass is 635 g/mol. The van der Waals surface area contributed by atoms with Crippen LogP contribution >= 0.6 is 10.7 Å². The minimum absolute atomic E-state index is 0.0447. The van der Waals surface area contributed by atoms with Crippen molar-refractivity contribution in [3.8, 4) is 0 Å². The molecule has 0 spiro atoms. The molecule has 1 unspecified atom stereocenters. The van der Waals surface area contributed by atoms with Crippen LogP contribution in [0.25, 0.3) is 0 Å². The van der Waals surface area contributed by atoms with Crippen LogP contribution in [0, 0.1) is 40.3 Å². The molecule has 44 heavy (non-hydrogen) atoms. The van der Waals surface area contributed by atoms with E-state index in [0.717, 1.165) is 48.4 Å². The zero-order valence-corrected chi connectivity index (χ0v) is 24.7. The maximum Gasteiger partial charge on any atom is 0.245 e. The average molecular weight is 636 g/mol. The molecule has 1 aliphatic carbocycles. The van der Waals surface area contributed by atoms with Crippen LogP contribution in [0.1, 0.15) is 68.2 Å². The molecule has 2 aliphatic rings. The summed E-state index contributed by atoms with van der Waals surface area (Å²) in [5.74, 6) is -11.5. The van der Waals surface area contributed by atoms with Crippen molar-refractivity contribution < 1.29 is 31.1 Å². The van der Waals surface area contributed by atoms with Crippen molar-refractivity contribution in [3.63, 3.8) is 0 Å². The standard InChI is InChI=1S/C31H31F6N5OS/c1-2-44(30-28(36)26(34)25(33)27(35)29(30)37)42-11-10-23(42)31(43)41(24-13-22(39)19(14-38)12-21(24)32)16-20-9-8-18(15-40-20)17-6-4-3-5-7-17/h2,8-9,12-15,17,23,38H,3-7,10-11,16,39H2,1H3/t23-,44?/m1/s1. The smallest absolute Gasteiger partial charge is 0.245 e. The molecule has 1 amide bonds. The van der Waals surface area contributed by atoms with Gasteiger partial charge in [0, 0.05) is 30.2 Å². The predicted octanol–water partition coefficient (Wildman–Crippen LogP) is 7.22. The summed E-state index contributed by atoms with van der Waals surface area (Å²) in [4.78, 5) is 18.7. The molecule has 5 rings (SSSR count). The second kappa shape index (κ2) is 13.1. The van der Waals surface area contributed by atoms with Crippen molar-refractivity contribution in [2.45, 2.75) is 68.8 Å². The zero-order chi connectivity index (χ0) is 31.7. The van der Waals surface area contributed by atoms with Gasteiger partial charge in [-0.15, -0.1) is 0 Å². The van der Waals surface area contributed by atoms with E-state index in [1.165, 1.54) is 29.1 Å². The Kier molecular flexibility index (Phi) is 9.45. The minimum Gasteiger partial charge on any atom is -0.398 e. The van der Waals surface area contributed by atoms with Crippen molar-refractivity contribution in [2.24, 2.45) is 0 Å². The average Bonchev–Trinajstić information content (AvgIpc) is 3.02. The number of nitrogen functional groups attached to an aromatic ring is 1. The summed E-state index contributed by atoms with van der Waals surface area (Å²) in [5, 5.41) is 8.75. The largest absolute Gasteiger partial charge is 0.398 e. The number of rotatable bonds is 8. The Morgan fingerprint density at radius 1 is 1.02 bits per heavy atom. The van der Waals surface area contributed by atoms with Gasteiger partial charge in [0.2, 0.25) is 11.7 Å². The van der Waals surface area contributed by atoms with Gasteiger partial charge in [-0.25, -0.2) is 30.6 Å². The molecule has 13 heteroatoms. The Morgan fingerprint density at radius 3 is 2.23 bits per heavy atom. The summed E-state index contributed by atoms with van der Waals surface area (Å²) in [5.41, 5.74) is 7.51. The molecule has 1 saturated heterocycles. The summed E-state index contributed by atoms with van der Waals surface area (Å²) in [6.45, 7) is 1.33. The fraction of sp³-hybridized carbons (Fsp3) is 0.355. The number of carbonyl (C=O) groups is 1. The van der Waals surface area contributed by atoms with Crippen LogP contribution in [0.15, 0.2) is 35.4 Å². The van der Waals surface area contributed by atoms with Gasteiger partial charge < -0.3 is 16.0 Å². The normalized spacial score (nSPS) is 18.2. The van der Waals surface area contributed by atoms with Crippen molar-refractivity contribution in [1.29, 1.82) is 5.41 Å². The number of hydrogen-bond acceptors (Lipinski definition) is 5. The van der Waals surface area contributed by atoms with Gasteiger partial charge in [0.15, 0.2) is 23.3 Å². The summed E-state index contributed by atoms with van der Waals surface area (Å²) in [6, 6.07) is 4.87. The number of carbonyl (C=O) groups excluding carboxylic acids is 1. The molecule has 1 aromatic heterocycles. The Hall–Kier alpha value is -3.71. The molecule has 0 bridgehead atoms. The number of amides is 1. The second-order valence-electron chi connectivity index (χ2n) is 10.8. The van der Waals surface area contributed by atoms with Gasteiger partial charge in [-0.2, -0.15) is 0 Å². The van der Waals surface area contributed by atoms with E-state index in [1.807, 2.05) is 6.07 Å². The number of nitrogens with one attached hydrogen (secondary N) is 1. The molecule has 6 nitrogen and oxygen atoms in total. The lowest BCUT2D eigenvalue weighted by atomic mass is 9.85. The first-order chi connectivity index (χ1) is 21.1. The number of nitrogens with two attached hydrogens (primary N) is 1. The fourth-order valence-corrected chi connectivity index (χ4v) is 7.80. The van der Waals surface area contributed by atoms with E-state index in [1.54, 1.807) is 12.3 Å². The first-order valence-electron chi connectivity index (χ1n) is 14.2. The molecule has 1 saturated carbocycles. The maximum absolute atomic E-state index is 15.4. The van der Waals surface area contributed by atoms with Crippen molar-refractivity contribution in [1.82, 2.24) is 9.29 Å². The number of halogens is 6. The number of pyridine rings is 1. The Balaban J connectivity index is 1.50. The van der Waals surface area contributed by atoms with Gasteiger partial charge in [0.1, 0.15) is 11.9 Å². The van der Waals surface area contributed by atoms with Crippen LogP contribution in [0.2, 0.25) is 0 Å². The quantitative estimate of drug-likeness (QED) is 0.0684. The van der Waals surface area contributed by atoms with Gasteiger partial charge in [-0.1, -0.05) is 36.0 Å². The van der Waals surface area contributed by atoms with Crippen LogP contribution in [-0.2, 0) is 11.3 Å². The molecule has 2 heterocycles. The molecule has 0 radical (unpaired) electrons. The first kappa shape index (κ1) is 31.7. The van der Waals surface area contributed by atoms with Crippen LogP contribution < -0.4 is 10.6 Å². The van der Waals surface area contributed by atoms with Gasteiger partial charge in [0.05, 0.1) is 22.8 Å². The molecule has 1 aliphatic heterocycles. The SMILES string of the molecule is C/C=S(\c1c(F)c(F)c(F)c(F)c1F)N1CC[C@@H]1C(=O)N(Cc1ccc(C2CCCCC2)cn1)c1cc(N)c(C=N)cc1F. The molecular formula is C31H31F6N5OS. The number of hydrogen-bond donors (Lipinski definition) is 2. The van der Waals surface area contributed by atoms with Crippen molar-refractivity contribution >= 4 is 39.5 Å². The summed E-state index contributed by atoms with van der Waals surface area (Å²) in [7, 11) is -1.80. The number of nitrogens with zero attached hydrogens (tertiary/aromatic N) is 3. The van der Waals surface area contributed by atoms with E-state index in [4.69, 9.17) is 11.1 Å². The molecule has 234 valence electrons. The van der Waals surface area contributed by atoms with E-state index in [9.17, 15) is 26.7 Å². The highest BCUT2D eigenvalue weighted by Gasteiger charge is 2.42. The second-order valence-corrected chi connectivity index (χ2v) is 12.8.